The van der Waals surface area contributed by atoms with Crippen LogP contribution in [0.2, 0.25) is 0 Å². The number of nitrogens with zero attached hydrogens (tertiary/aromatic N) is 3. The van der Waals surface area contributed by atoms with Gasteiger partial charge in [0.1, 0.15) is 5.82 Å². The van der Waals surface area contributed by atoms with E-state index in [0.717, 1.165) is 31.5 Å². The summed E-state index contributed by atoms with van der Waals surface area (Å²) in [5.41, 5.74) is 2.03. The normalized spacial score (nSPS) is 21.5. The number of hydrogen-bond donors (Lipinski definition) is 1. The van der Waals surface area contributed by atoms with Gasteiger partial charge in [-0.3, -0.25) is 4.98 Å². The highest BCUT2D eigenvalue weighted by Crippen LogP contribution is 2.26. The molecule has 2 aliphatic rings. The number of rotatable bonds is 5. The zero-order valence-corrected chi connectivity index (χ0v) is 17.6. The van der Waals surface area contributed by atoms with Crippen molar-refractivity contribution in [1.82, 2.24) is 19.5 Å². The lowest BCUT2D eigenvalue weighted by molar-refractivity contribution is 0.120. The Hall–Kier alpha value is -2.52. The van der Waals surface area contributed by atoms with Crippen molar-refractivity contribution in [1.29, 1.82) is 0 Å². The molecule has 0 aliphatic carbocycles. The molecule has 1 aromatic carbocycles. The molecular weight excluding hydrogens is 407 g/mol. The number of carbonyl (C=O) groups excluding carboxylic acids is 1. The molecule has 0 saturated carbocycles. The molecule has 2 saturated heterocycles. The second-order valence-electron chi connectivity index (χ2n) is 7.90. The molecule has 0 bridgehead atoms. The van der Waals surface area contributed by atoms with Crippen LogP contribution < -0.4 is 4.72 Å². The first-order valence-corrected chi connectivity index (χ1v) is 11.9. The number of pyridine rings is 1. The van der Waals surface area contributed by atoms with E-state index in [9.17, 15) is 17.6 Å². The Morgan fingerprint density at radius 3 is 2.63 bits per heavy atom. The third-order valence-electron chi connectivity index (χ3n) is 5.63. The van der Waals surface area contributed by atoms with Gasteiger partial charge in [0.05, 0.1) is 18.0 Å². The molecule has 0 radical (unpaired) electrons. The predicted molar refractivity (Wildman–Crippen MR) is 112 cm³/mol. The number of carbonyl (C=O) groups is 1. The van der Waals surface area contributed by atoms with Crippen LogP contribution in [0.3, 0.4) is 0 Å². The Kier molecular flexibility index (Phi) is 5.75. The number of aromatic nitrogens is 1. The minimum atomic E-state index is -3.41. The molecule has 2 aliphatic heterocycles. The highest BCUT2D eigenvalue weighted by Gasteiger charge is 2.41. The molecule has 9 heteroatoms. The van der Waals surface area contributed by atoms with Gasteiger partial charge in [-0.15, -0.1) is 0 Å². The number of sulfonamides is 1. The van der Waals surface area contributed by atoms with Gasteiger partial charge < -0.3 is 9.80 Å². The summed E-state index contributed by atoms with van der Waals surface area (Å²) < 4.78 is 40.0. The Balaban J connectivity index is 1.59. The van der Waals surface area contributed by atoms with E-state index in [1.54, 1.807) is 21.9 Å². The number of hydrogen-bond acceptors (Lipinski definition) is 4. The number of nitrogens with one attached hydrogen (secondary N) is 1. The highest BCUT2D eigenvalue weighted by molar-refractivity contribution is 7.88. The second-order valence-corrected chi connectivity index (χ2v) is 9.68. The third-order valence-corrected chi connectivity index (χ3v) is 6.36. The van der Waals surface area contributed by atoms with Gasteiger partial charge in [-0.05, 0) is 37.1 Å². The van der Waals surface area contributed by atoms with Crippen molar-refractivity contribution in [2.45, 2.75) is 31.3 Å². The smallest absolute Gasteiger partial charge is 0.320 e. The summed E-state index contributed by atoms with van der Waals surface area (Å²) in [5.74, 6) is -0.334. The first kappa shape index (κ1) is 20.7. The molecule has 160 valence electrons. The lowest BCUT2D eigenvalue weighted by atomic mass is 10.0. The quantitative estimate of drug-likeness (QED) is 0.786. The fourth-order valence-corrected chi connectivity index (χ4v) is 4.89. The van der Waals surface area contributed by atoms with Crippen LogP contribution in [0, 0.1) is 5.82 Å². The zero-order valence-electron chi connectivity index (χ0n) is 16.8. The molecule has 2 aromatic rings. The van der Waals surface area contributed by atoms with Crippen molar-refractivity contribution in [3.05, 3.63) is 54.0 Å². The maximum atomic E-state index is 13.6. The number of likely N-dealkylation sites (tertiary alicyclic amines) is 2. The SMILES string of the molecule is CS(=O)(=O)N[C@H]1CCN(C(=O)N2CCC2)[C@H]1Cc1cccc(-c2cccc(F)c2)n1. The van der Waals surface area contributed by atoms with E-state index in [1.165, 1.54) is 12.1 Å². The van der Waals surface area contributed by atoms with Crippen molar-refractivity contribution in [3.63, 3.8) is 0 Å². The molecule has 2 fully saturated rings. The lowest BCUT2D eigenvalue weighted by Crippen LogP contribution is -2.54. The second kappa shape index (κ2) is 8.31. The molecule has 0 spiro atoms. The molecule has 2 amide bonds. The van der Waals surface area contributed by atoms with Gasteiger partial charge in [0.25, 0.3) is 0 Å². The lowest BCUT2D eigenvalue weighted by Gasteiger charge is -2.37. The van der Waals surface area contributed by atoms with Gasteiger partial charge in [-0.1, -0.05) is 18.2 Å². The van der Waals surface area contributed by atoms with E-state index in [2.05, 4.69) is 9.71 Å². The molecular formula is C21H25FN4O3S. The summed E-state index contributed by atoms with van der Waals surface area (Å²) in [4.78, 5) is 21.1. The Morgan fingerprint density at radius 2 is 1.97 bits per heavy atom. The maximum Gasteiger partial charge on any atom is 0.320 e. The fraction of sp³-hybridized carbons (Fsp3) is 0.429. The van der Waals surface area contributed by atoms with Gasteiger partial charge >= 0.3 is 6.03 Å². The number of urea groups is 1. The summed E-state index contributed by atoms with van der Waals surface area (Å²) >= 11 is 0. The molecule has 4 rings (SSSR count). The summed E-state index contributed by atoms with van der Waals surface area (Å²) in [7, 11) is -3.41. The molecule has 1 aromatic heterocycles. The van der Waals surface area contributed by atoms with Gasteiger partial charge in [0.2, 0.25) is 10.0 Å². The average Bonchev–Trinajstić information content (AvgIpc) is 3.01. The standard InChI is InChI=1S/C21H25FN4O3S/c1-30(28,29)24-19-9-12-26(21(27)25-10-4-11-25)20(19)14-17-7-3-8-18(23-17)15-5-2-6-16(22)13-15/h2-3,5-8,13,19-20,24H,4,9-12,14H2,1H3/t19-,20-/m0/s1. The Bertz CT molecular complexity index is 1040. The fourth-order valence-electron chi connectivity index (χ4n) is 4.06. The van der Waals surface area contributed by atoms with Gasteiger partial charge in [0.15, 0.2) is 0 Å². The zero-order chi connectivity index (χ0) is 21.3. The van der Waals surface area contributed by atoms with E-state index in [4.69, 9.17) is 0 Å². The van der Waals surface area contributed by atoms with Crippen LogP contribution in [0.25, 0.3) is 11.3 Å². The van der Waals surface area contributed by atoms with Crippen LogP contribution in [0.1, 0.15) is 18.5 Å². The van der Waals surface area contributed by atoms with Crippen LogP contribution in [0.5, 0.6) is 0 Å². The summed E-state index contributed by atoms with van der Waals surface area (Å²) in [6.07, 6.45) is 3.09. The Labute approximate surface area is 176 Å². The Morgan fingerprint density at radius 1 is 1.20 bits per heavy atom. The average molecular weight is 433 g/mol. The van der Waals surface area contributed by atoms with E-state index in [-0.39, 0.29) is 23.9 Å². The first-order chi connectivity index (χ1) is 14.3. The van der Waals surface area contributed by atoms with Crippen LogP contribution in [-0.2, 0) is 16.4 Å². The number of halogens is 1. The van der Waals surface area contributed by atoms with Crippen LogP contribution in [0.15, 0.2) is 42.5 Å². The van der Waals surface area contributed by atoms with Crippen molar-refractivity contribution in [3.8, 4) is 11.3 Å². The van der Waals surface area contributed by atoms with E-state index >= 15 is 0 Å². The highest BCUT2D eigenvalue weighted by atomic mass is 32.2. The molecule has 2 atom stereocenters. The predicted octanol–water partition coefficient (Wildman–Crippen LogP) is 2.25. The van der Waals surface area contributed by atoms with Crippen LogP contribution in [0.4, 0.5) is 9.18 Å². The first-order valence-electron chi connectivity index (χ1n) is 10.0. The third kappa shape index (κ3) is 4.62. The monoisotopic (exact) mass is 432 g/mol. The van der Waals surface area contributed by atoms with Crippen LogP contribution in [-0.4, -0.2) is 67.2 Å². The number of benzene rings is 1. The van der Waals surface area contributed by atoms with Crippen molar-refractivity contribution in [2.24, 2.45) is 0 Å². The minimum Gasteiger partial charge on any atom is -0.325 e. The largest absolute Gasteiger partial charge is 0.325 e. The van der Waals surface area contributed by atoms with Crippen molar-refractivity contribution < 1.29 is 17.6 Å². The molecule has 7 nitrogen and oxygen atoms in total. The summed E-state index contributed by atoms with van der Waals surface area (Å²) in [5, 5.41) is 0. The molecule has 1 N–H and O–H groups in total. The van der Waals surface area contributed by atoms with E-state index < -0.39 is 10.0 Å². The van der Waals surface area contributed by atoms with E-state index in [0.29, 0.717) is 30.6 Å². The summed E-state index contributed by atoms with van der Waals surface area (Å²) in [6, 6.07) is 11.0. The number of amides is 2. The van der Waals surface area contributed by atoms with E-state index in [1.807, 2.05) is 18.2 Å². The van der Waals surface area contributed by atoms with Gasteiger partial charge in [0, 0.05) is 43.4 Å². The maximum absolute atomic E-state index is 13.6. The topological polar surface area (TPSA) is 82.6 Å². The molecule has 3 heterocycles. The van der Waals surface area contributed by atoms with Crippen molar-refractivity contribution >= 4 is 16.1 Å². The summed E-state index contributed by atoms with van der Waals surface area (Å²) in [6.45, 7) is 1.97. The van der Waals surface area contributed by atoms with Crippen LogP contribution >= 0.6 is 0 Å². The van der Waals surface area contributed by atoms with Crippen molar-refractivity contribution in [2.75, 3.05) is 25.9 Å². The minimum absolute atomic E-state index is 0.0506. The molecule has 30 heavy (non-hydrogen) atoms. The van der Waals surface area contributed by atoms with Gasteiger partial charge in [-0.2, -0.15) is 0 Å². The molecule has 0 unspecified atom stereocenters. The van der Waals surface area contributed by atoms with Gasteiger partial charge in [-0.25, -0.2) is 22.3 Å².